The largest absolute Gasteiger partial charge is 0.192 e. The molecule has 0 aliphatic heterocycles. The number of hydrogen-bond acceptors (Lipinski definition) is 1. The minimum absolute atomic E-state index is 0.680. The Bertz CT molecular complexity index is 2440. The second-order valence-corrected chi connectivity index (χ2v) is 12.0. The lowest BCUT2D eigenvalue weighted by molar-refractivity contribution is 1.28. The quantitative estimate of drug-likeness (QED) is 0.138. The van der Waals surface area contributed by atoms with Gasteiger partial charge in [0.05, 0.1) is 11.6 Å². The van der Waals surface area contributed by atoms with Crippen molar-refractivity contribution in [1.82, 2.24) is 0 Å². The van der Waals surface area contributed by atoms with Crippen LogP contribution in [0, 0.1) is 11.3 Å². The summed E-state index contributed by atoms with van der Waals surface area (Å²) in [6, 6.07) is 60.6. The molecule has 0 saturated carbocycles. The van der Waals surface area contributed by atoms with Crippen LogP contribution in [0.4, 0.5) is 0 Å². The van der Waals surface area contributed by atoms with Gasteiger partial charge in [0.25, 0.3) is 0 Å². The summed E-state index contributed by atoms with van der Waals surface area (Å²) in [4.78, 5) is 0. The van der Waals surface area contributed by atoms with Crippen LogP contribution in [0.3, 0.4) is 0 Å². The fourth-order valence-electron chi connectivity index (χ4n) is 6.83. The molecule has 0 radical (unpaired) electrons. The molecular formula is C46H31N. The van der Waals surface area contributed by atoms with Crippen LogP contribution in [0.2, 0.25) is 0 Å². The van der Waals surface area contributed by atoms with Gasteiger partial charge in [-0.3, -0.25) is 0 Å². The maximum atomic E-state index is 9.06. The minimum atomic E-state index is 0.680. The van der Waals surface area contributed by atoms with Crippen molar-refractivity contribution in [3.8, 4) is 39.4 Å². The second-order valence-electron chi connectivity index (χ2n) is 12.0. The lowest BCUT2D eigenvalue weighted by atomic mass is 9.84. The first-order chi connectivity index (χ1) is 23.3. The molecular weight excluding hydrogens is 567 g/mol. The van der Waals surface area contributed by atoms with E-state index in [-0.39, 0.29) is 0 Å². The molecule has 0 bridgehead atoms. The van der Waals surface area contributed by atoms with Crippen LogP contribution in [0.5, 0.6) is 0 Å². The van der Waals surface area contributed by atoms with Crippen LogP contribution in [-0.2, 0) is 6.42 Å². The fourth-order valence-corrected chi connectivity index (χ4v) is 6.83. The van der Waals surface area contributed by atoms with E-state index in [0.717, 1.165) is 17.5 Å². The lowest BCUT2D eigenvalue weighted by Crippen LogP contribution is -1.92. The van der Waals surface area contributed by atoms with E-state index in [1.54, 1.807) is 0 Å². The predicted molar refractivity (Wildman–Crippen MR) is 199 cm³/mol. The van der Waals surface area contributed by atoms with Gasteiger partial charge in [-0.15, -0.1) is 0 Å². The van der Waals surface area contributed by atoms with E-state index in [4.69, 9.17) is 5.26 Å². The molecule has 8 aromatic rings. The summed E-state index contributed by atoms with van der Waals surface area (Å²) in [5.41, 5.74) is 10.4. The van der Waals surface area contributed by atoms with Gasteiger partial charge < -0.3 is 0 Å². The Morgan fingerprint density at radius 2 is 1.02 bits per heavy atom. The van der Waals surface area contributed by atoms with E-state index in [9.17, 15) is 0 Å². The Hall–Kier alpha value is -6.23. The van der Waals surface area contributed by atoms with E-state index in [1.807, 2.05) is 24.3 Å². The van der Waals surface area contributed by atoms with E-state index in [0.29, 0.717) is 5.56 Å². The van der Waals surface area contributed by atoms with E-state index in [2.05, 4.69) is 158 Å². The van der Waals surface area contributed by atoms with Crippen LogP contribution < -0.4 is 0 Å². The number of benzene rings is 8. The summed E-state index contributed by atoms with van der Waals surface area (Å²) >= 11 is 0. The Morgan fingerprint density at radius 3 is 1.72 bits per heavy atom. The zero-order valence-corrected chi connectivity index (χ0v) is 25.9. The van der Waals surface area contributed by atoms with Crippen LogP contribution in [-0.4, -0.2) is 0 Å². The SMILES string of the molecule is N#Cc1ccc(-c2ccc(C/C=C/c3ccc(-c4c5ccccc5c(-c5ccccc5)c5c4ccc4ccccc45)cc3)cc2)cc1. The van der Waals surface area contributed by atoms with Gasteiger partial charge in [-0.2, -0.15) is 5.26 Å². The second kappa shape index (κ2) is 12.3. The highest BCUT2D eigenvalue weighted by Crippen LogP contribution is 2.46. The molecule has 1 heteroatoms. The first kappa shape index (κ1) is 28.3. The zero-order chi connectivity index (χ0) is 31.6. The van der Waals surface area contributed by atoms with Gasteiger partial charge in [0.15, 0.2) is 0 Å². The molecule has 0 saturated heterocycles. The molecule has 0 amide bonds. The summed E-state index contributed by atoms with van der Waals surface area (Å²) in [7, 11) is 0. The summed E-state index contributed by atoms with van der Waals surface area (Å²) in [6.45, 7) is 0. The maximum Gasteiger partial charge on any atom is 0.0991 e. The molecule has 47 heavy (non-hydrogen) atoms. The first-order valence-corrected chi connectivity index (χ1v) is 16.0. The van der Waals surface area contributed by atoms with Gasteiger partial charge in [-0.25, -0.2) is 0 Å². The molecule has 0 heterocycles. The van der Waals surface area contributed by atoms with Crippen LogP contribution in [0.1, 0.15) is 16.7 Å². The standard InChI is InChI=1S/C46H31N/c47-31-34-21-25-36(26-22-34)35-23-17-32(18-24-35)9-8-10-33-19-27-39(28-20-33)44-41-15-6-7-16-42(41)45(38-12-2-1-3-13-38)46-40-14-5-4-11-37(40)29-30-43(44)46/h1-8,10-30H,9H2/b10-8+. The van der Waals surface area contributed by atoms with E-state index in [1.165, 1.54) is 65.7 Å². The van der Waals surface area contributed by atoms with Crippen molar-refractivity contribution in [3.05, 3.63) is 187 Å². The molecule has 1 nitrogen and oxygen atoms in total. The number of fused-ring (bicyclic) bond motifs is 4. The maximum absolute atomic E-state index is 9.06. The minimum Gasteiger partial charge on any atom is -0.192 e. The van der Waals surface area contributed by atoms with Crippen molar-refractivity contribution in [1.29, 1.82) is 5.26 Å². The monoisotopic (exact) mass is 597 g/mol. The van der Waals surface area contributed by atoms with E-state index >= 15 is 0 Å². The molecule has 0 spiro atoms. The summed E-state index contributed by atoms with van der Waals surface area (Å²) < 4.78 is 0. The van der Waals surface area contributed by atoms with Crippen molar-refractivity contribution >= 4 is 38.4 Å². The molecule has 0 aliphatic carbocycles. The van der Waals surface area contributed by atoms with Crippen molar-refractivity contribution in [3.63, 3.8) is 0 Å². The normalized spacial score (nSPS) is 11.4. The predicted octanol–water partition coefficient (Wildman–Crippen LogP) is 12.3. The average molecular weight is 598 g/mol. The third-order valence-corrected chi connectivity index (χ3v) is 9.14. The van der Waals surface area contributed by atoms with Crippen molar-refractivity contribution in [2.75, 3.05) is 0 Å². The number of nitriles is 1. The topological polar surface area (TPSA) is 23.8 Å². The molecule has 0 atom stereocenters. The molecule has 8 aromatic carbocycles. The van der Waals surface area contributed by atoms with Gasteiger partial charge in [-0.05, 0) is 95.4 Å². The Morgan fingerprint density at radius 1 is 0.447 bits per heavy atom. The van der Waals surface area contributed by atoms with Crippen LogP contribution in [0.15, 0.2) is 170 Å². The Labute approximate surface area is 275 Å². The fraction of sp³-hybridized carbons (Fsp3) is 0.0217. The molecule has 8 rings (SSSR count). The smallest absolute Gasteiger partial charge is 0.0991 e. The highest BCUT2D eigenvalue weighted by molar-refractivity contribution is 6.27. The number of rotatable bonds is 6. The van der Waals surface area contributed by atoms with Gasteiger partial charge in [0, 0.05) is 0 Å². The van der Waals surface area contributed by atoms with E-state index < -0.39 is 0 Å². The Kier molecular flexibility index (Phi) is 7.38. The first-order valence-electron chi connectivity index (χ1n) is 16.0. The van der Waals surface area contributed by atoms with Crippen molar-refractivity contribution in [2.45, 2.75) is 6.42 Å². The van der Waals surface area contributed by atoms with Gasteiger partial charge >= 0.3 is 0 Å². The molecule has 0 unspecified atom stereocenters. The summed E-state index contributed by atoms with van der Waals surface area (Å²) in [5.74, 6) is 0. The van der Waals surface area contributed by atoms with Crippen LogP contribution in [0.25, 0.3) is 71.8 Å². The van der Waals surface area contributed by atoms with Crippen LogP contribution >= 0.6 is 0 Å². The van der Waals surface area contributed by atoms with Crippen molar-refractivity contribution < 1.29 is 0 Å². The highest BCUT2D eigenvalue weighted by Gasteiger charge is 2.18. The third-order valence-electron chi connectivity index (χ3n) is 9.14. The zero-order valence-electron chi connectivity index (χ0n) is 25.9. The number of hydrogen-bond donors (Lipinski definition) is 0. The molecule has 0 aliphatic rings. The number of allylic oxidation sites excluding steroid dienone is 1. The summed E-state index contributed by atoms with van der Waals surface area (Å²) in [5, 5.41) is 16.7. The highest BCUT2D eigenvalue weighted by atomic mass is 14.2. The third kappa shape index (κ3) is 5.37. The number of nitrogens with zero attached hydrogens (tertiary/aromatic N) is 1. The van der Waals surface area contributed by atoms with Gasteiger partial charge in [0.2, 0.25) is 0 Å². The van der Waals surface area contributed by atoms with Gasteiger partial charge in [-0.1, -0.05) is 164 Å². The molecule has 0 N–H and O–H groups in total. The molecule has 220 valence electrons. The van der Waals surface area contributed by atoms with Gasteiger partial charge in [0.1, 0.15) is 0 Å². The molecule has 0 fully saturated rings. The lowest BCUT2D eigenvalue weighted by Gasteiger charge is -2.19. The Balaban J connectivity index is 1.14. The average Bonchev–Trinajstić information content (AvgIpc) is 3.15. The summed E-state index contributed by atoms with van der Waals surface area (Å²) in [6.07, 6.45) is 5.30. The van der Waals surface area contributed by atoms with Crippen molar-refractivity contribution in [2.24, 2.45) is 0 Å². The molecule has 0 aromatic heterocycles.